The van der Waals surface area contributed by atoms with E-state index < -0.39 is 0 Å². The van der Waals surface area contributed by atoms with Gasteiger partial charge >= 0.3 is 0 Å². The summed E-state index contributed by atoms with van der Waals surface area (Å²) in [5.41, 5.74) is 0.254. The molecular formula is C21H37N5OS. The molecule has 0 bridgehead atoms. The number of rotatable bonds is 5. The van der Waals surface area contributed by atoms with Crippen molar-refractivity contribution in [1.82, 2.24) is 20.5 Å². The lowest BCUT2D eigenvalue weighted by Gasteiger charge is -2.48. The molecule has 1 aliphatic heterocycles. The summed E-state index contributed by atoms with van der Waals surface area (Å²) in [7, 11) is 1.83. The maximum absolute atomic E-state index is 5.89. The number of aliphatic imine (C=N–C) groups is 1. The molecule has 158 valence electrons. The Labute approximate surface area is 174 Å². The fraction of sp³-hybridized carbons (Fsp3) is 0.810. The van der Waals surface area contributed by atoms with Crippen molar-refractivity contribution in [2.24, 2.45) is 4.99 Å². The van der Waals surface area contributed by atoms with E-state index in [0.717, 1.165) is 18.3 Å². The molecule has 2 aliphatic rings. The van der Waals surface area contributed by atoms with Gasteiger partial charge < -0.3 is 15.1 Å². The fourth-order valence-electron chi connectivity index (χ4n) is 4.22. The standard InChI is InChI=1S/C21H37N5OS/c1-20(2,3)17-14-23-18(27-17)15-24-19(22-4)25-16-21(8-6-5-7-9-21)26-10-12-28-13-11-26/h14H,5-13,15-16H2,1-4H3,(H2,22,24,25). The molecule has 0 amide bonds. The lowest BCUT2D eigenvalue weighted by atomic mass is 9.80. The Balaban J connectivity index is 1.56. The topological polar surface area (TPSA) is 65.7 Å². The molecule has 0 atom stereocenters. The second-order valence-corrected chi connectivity index (χ2v) is 10.3. The van der Waals surface area contributed by atoms with E-state index in [9.17, 15) is 0 Å². The lowest BCUT2D eigenvalue weighted by Crippen LogP contribution is -2.59. The predicted octanol–water partition coefficient (Wildman–Crippen LogP) is 3.39. The first-order valence-electron chi connectivity index (χ1n) is 10.7. The van der Waals surface area contributed by atoms with Crippen LogP contribution in [0.5, 0.6) is 0 Å². The van der Waals surface area contributed by atoms with Gasteiger partial charge in [-0.1, -0.05) is 40.0 Å². The third-order valence-corrected chi connectivity index (χ3v) is 6.92. The fourth-order valence-corrected chi connectivity index (χ4v) is 5.12. The second-order valence-electron chi connectivity index (χ2n) is 9.03. The van der Waals surface area contributed by atoms with Gasteiger partial charge in [-0.25, -0.2) is 4.98 Å². The van der Waals surface area contributed by atoms with Crippen LogP contribution in [0.25, 0.3) is 0 Å². The molecular weight excluding hydrogens is 370 g/mol. The molecule has 1 saturated heterocycles. The van der Waals surface area contributed by atoms with Gasteiger partial charge in [0, 0.05) is 49.1 Å². The molecule has 1 saturated carbocycles. The zero-order chi connectivity index (χ0) is 20.0. The number of oxazole rings is 1. The van der Waals surface area contributed by atoms with Crippen LogP contribution in [0.3, 0.4) is 0 Å². The molecule has 0 spiro atoms. The highest BCUT2D eigenvalue weighted by Crippen LogP contribution is 2.34. The van der Waals surface area contributed by atoms with Gasteiger partial charge in [0.2, 0.25) is 5.89 Å². The van der Waals surface area contributed by atoms with E-state index in [4.69, 9.17) is 4.42 Å². The molecule has 1 aromatic rings. The largest absolute Gasteiger partial charge is 0.443 e. The van der Waals surface area contributed by atoms with Crippen LogP contribution in [0.4, 0.5) is 0 Å². The van der Waals surface area contributed by atoms with Gasteiger partial charge in [0.1, 0.15) is 5.76 Å². The normalized spacial score (nSPS) is 21.5. The van der Waals surface area contributed by atoms with Crippen LogP contribution < -0.4 is 10.6 Å². The molecule has 28 heavy (non-hydrogen) atoms. The maximum Gasteiger partial charge on any atom is 0.213 e. The predicted molar refractivity (Wildman–Crippen MR) is 118 cm³/mol. The zero-order valence-electron chi connectivity index (χ0n) is 18.0. The van der Waals surface area contributed by atoms with Crippen molar-refractivity contribution < 1.29 is 4.42 Å². The molecule has 1 aromatic heterocycles. The number of nitrogens with zero attached hydrogens (tertiary/aromatic N) is 3. The molecule has 2 fully saturated rings. The lowest BCUT2D eigenvalue weighted by molar-refractivity contribution is 0.0626. The van der Waals surface area contributed by atoms with Crippen molar-refractivity contribution in [3.05, 3.63) is 17.8 Å². The molecule has 0 radical (unpaired) electrons. The van der Waals surface area contributed by atoms with E-state index in [1.807, 2.05) is 13.2 Å². The Bertz CT molecular complexity index is 639. The average molecular weight is 408 g/mol. The van der Waals surface area contributed by atoms with Crippen molar-refractivity contribution in [3.8, 4) is 0 Å². The van der Waals surface area contributed by atoms with Gasteiger partial charge in [0.05, 0.1) is 12.7 Å². The van der Waals surface area contributed by atoms with Crippen LogP contribution >= 0.6 is 11.8 Å². The van der Waals surface area contributed by atoms with Crippen molar-refractivity contribution in [2.75, 3.05) is 38.2 Å². The SMILES string of the molecule is CN=C(NCc1ncc(C(C)(C)C)o1)NCC1(N2CCSCC2)CCCCC1. The zero-order valence-corrected chi connectivity index (χ0v) is 18.8. The Morgan fingerprint density at radius 2 is 1.93 bits per heavy atom. The van der Waals surface area contributed by atoms with Gasteiger partial charge in [-0.15, -0.1) is 0 Å². The van der Waals surface area contributed by atoms with Crippen molar-refractivity contribution in [3.63, 3.8) is 0 Å². The Kier molecular flexibility index (Phi) is 7.31. The molecule has 7 heteroatoms. The summed E-state index contributed by atoms with van der Waals surface area (Å²) in [6, 6.07) is 0. The number of hydrogen-bond donors (Lipinski definition) is 2. The van der Waals surface area contributed by atoms with Crippen LogP contribution in [0.2, 0.25) is 0 Å². The molecule has 2 N–H and O–H groups in total. The van der Waals surface area contributed by atoms with Crippen LogP contribution in [-0.4, -0.2) is 59.6 Å². The Morgan fingerprint density at radius 1 is 1.21 bits per heavy atom. The Hall–Kier alpha value is -1.21. The first-order chi connectivity index (χ1) is 13.4. The summed E-state index contributed by atoms with van der Waals surface area (Å²) in [5.74, 6) is 4.96. The summed E-state index contributed by atoms with van der Waals surface area (Å²) in [6.45, 7) is 10.3. The summed E-state index contributed by atoms with van der Waals surface area (Å²) < 4.78 is 5.89. The molecule has 1 aliphatic carbocycles. The van der Waals surface area contributed by atoms with Gasteiger partial charge in [-0.05, 0) is 12.8 Å². The van der Waals surface area contributed by atoms with E-state index in [-0.39, 0.29) is 11.0 Å². The Morgan fingerprint density at radius 3 is 2.54 bits per heavy atom. The number of nitrogens with one attached hydrogen (secondary N) is 2. The first-order valence-corrected chi connectivity index (χ1v) is 11.8. The molecule has 3 rings (SSSR count). The first kappa shape index (κ1) is 21.5. The maximum atomic E-state index is 5.89. The molecule has 0 unspecified atom stereocenters. The smallest absolute Gasteiger partial charge is 0.213 e. The van der Waals surface area contributed by atoms with E-state index in [0.29, 0.717) is 12.4 Å². The second kappa shape index (κ2) is 9.53. The minimum atomic E-state index is -0.0226. The number of hydrogen-bond acceptors (Lipinski definition) is 5. The summed E-state index contributed by atoms with van der Waals surface area (Å²) in [6.07, 6.45) is 8.45. The number of guanidine groups is 1. The van der Waals surface area contributed by atoms with Crippen molar-refractivity contribution in [1.29, 1.82) is 0 Å². The third-order valence-electron chi connectivity index (χ3n) is 5.97. The van der Waals surface area contributed by atoms with Crippen molar-refractivity contribution >= 4 is 17.7 Å². The van der Waals surface area contributed by atoms with Crippen LogP contribution in [0.1, 0.15) is 64.5 Å². The van der Waals surface area contributed by atoms with E-state index in [2.05, 4.69) is 58.0 Å². The molecule has 0 aromatic carbocycles. The van der Waals surface area contributed by atoms with Gasteiger partial charge in [0.15, 0.2) is 5.96 Å². The highest BCUT2D eigenvalue weighted by molar-refractivity contribution is 7.99. The van der Waals surface area contributed by atoms with Gasteiger partial charge in [-0.3, -0.25) is 9.89 Å². The third kappa shape index (κ3) is 5.44. The summed E-state index contributed by atoms with van der Waals surface area (Å²) >= 11 is 2.08. The minimum absolute atomic E-state index is 0.0226. The molecule has 6 nitrogen and oxygen atoms in total. The monoisotopic (exact) mass is 407 g/mol. The van der Waals surface area contributed by atoms with E-state index in [1.54, 1.807) is 0 Å². The van der Waals surface area contributed by atoms with Gasteiger partial charge in [0.25, 0.3) is 0 Å². The van der Waals surface area contributed by atoms with Crippen molar-refractivity contribution in [2.45, 2.75) is 70.4 Å². The van der Waals surface area contributed by atoms with E-state index >= 15 is 0 Å². The summed E-state index contributed by atoms with van der Waals surface area (Å²) in [5, 5.41) is 6.98. The minimum Gasteiger partial charge on any atom is -0.443 e. The number of aromatic nitrogens is 1. The number of thioether (sulfide) groups is 1. The van der Waals surface area contributed by atoms with Crippen LogP contribution in [-0.2, 0) is 12.0 Å². The van der Waals surface area contributed by atoms with E-state index in [1.165, 1.54) is 56.7 Å². The van der Waals surface area contributed by atoms with Crippen LogP contribution in [0.15, 0.2) is 15.6 Å². The quantitative estimate of drug-likeness (QED) is 0.576. The summed E-state index contributed by atoms with van der Waals surface area (Å²) in [4.78, 5) is 11.6. The highest BCUT2D eigenvalue weighted by atomic mass is 32.2. The van der Waals surface area contributed by atoms with Gasteiger partial charge in [-0.2, -0.15) is 11.8 Å². The van der Waals surface area contributed by atoms with Crippen LogP contribution in [0, 0.1) is 0 Å². The highest BCUT2D eigenvalue weighted by Gasteiger charge is 2.38. The average Bonchev–Trinajstić information content (AvgIpc) is 3.19. The molecule has 2 heterocycles.